The van der Waals surface area contributed by atoms with Crippen LogP contribution in [-0.4, -0.2) is 39.3 Å². The average molecular weight is 313 g/mol. The van der Waals surface area contributed by atoms with Crippen LogP contribution in [0.1, 0.15) is 17.5 Å². The first-order valence-corrected chi connectivity index (χ1v) is 8.17. The molecule has 0 N–H and O–H groups in total. The summed E-state index contributed by atoms with van der Waals surface area (Å²) in [4.78, 5) is 2.21. The largest absolute Gasteiger partial charge is 0.493 e. The first-order chi connectivity index (χ1) is 11.2. The lowest BCUT2D eigenvalue weighted by molar-refractivity contribution is 0.297. The van der Waals surface area contributed by atoms with E-state index in [0.717, 1.165) is 37.3 Å². The molecule has 0 aliphatic carbocycles. The van der Waals surface area contributed by atoms with Gasteiger partial charge in [0.15, 0.2) is 11.5 Å². The van der Waals surface area contributed by atoms with Crippen LogP contribution in [0.4, 0.5) is 0 Å². The van der Waals surface area contributed by atoms with Gasteiger partial charge in [0.1, 0.15) is 0 Å². The fraction of sp³-hybridized carbons (Fsp3) is 0.400. The molecule has 0 bridgehead atoms. The highest BCUT2D eigenvalue weighted by atomic mass is 16.5. The van der Waals surface area contributed by atoms with Gasteiger partial charge in [0.05, 0.1) is 13.7 Å². The van der Waals surface area contributed by atoms with Crippen LogP contribution in [0.15, 0.2) is 48.5 Å². The molecule has 2 rings (SSSR count). The molecule has 0 unspecified atom stereocenters. The highest BCUT2D eigenvalue weighted by molar-refractivity contribution is 5.43. The number of aryl methyl sites for hydroxylation is 1. The summed E-state index contributed by atoms with van der Waals surface area (Å²) < 4.78 is 11.4. The van der Waals surface area contributed by atoms with Crippen molar-refractivity contribution in [3.63, 3.8) is 0 Å². The Kier molecular flexibility index (Phi) is 6.95. The number of methoxy groups -OCH3 is 1. The van der Waals surface area contributed by atoms with E-state index in [0.29, 0.717) is 6.61 Å². The normalized spacial score (nSPS) is 10.8. The van der Waals surface area contributed by atoms with Gasteiger partial charge in [-0.2, -0.15) is 0 Å². The minimum atomic E-state index is 0.653. The van der Waals surface area contributed by atoms with E-state index in [1.54, 1.807) is 7.11 Å². The zero-order valence-corrected chi connectivity index (χ0v) is 14.4. The lowest BCUT2D eigenvalue weighted by Gasteiger charge is -2.13. The quantitative estimate of drug-likeness (QED) is 0.702. The highest BCUT2D eigenvalue weighted by Gasteiger charge is 2.06. The predicted octanol–water partition coefficient (Wildman–Crippen LogP) is 3.81. The maximum absolute atomic E-state index is 5.90. The molecule has 0 atom stereocenters. The smallest absolute Gasteiger partial charge is 0.161 e. The molecule has 0 fully saturated rings. The van der Waals surface area contributed by atoms with Gasteiger partial charge in [-0.25, -0.2) is 0 Å². The van der Waals surface area contributed by atoms with E-state index >= 15 is 0 Å². The number of ether oxygens (including phenoxy) is 2. The lowest BCUT2D eigenvalue weighted by atomic mass is 10.1. The molecule has 124 valence electrons. The topological polar surface area (TPSA) is 21.7 Å². The molecule has 3 nitrogen and oxygen atoms in total. The van der Waals surface area contributed by atoms with Gasteiger partial charge in [0, 0.05) is 6.42 Å². The maximum atomic E-state index is 5.90. The van der Waals surface area contributed by atoms with Crippen LogP contribution in [-0.2, 0) is 12.8 Å². The fourth-order valence-electron chi connectivity index (χ4n) is 2.51. The Morgan fingerprint density at radius 3 is 2.35 bits per heavy atom. The molecule has 2 aromatic rings. The van der Waals surface area contributed by atoms with E-state index in [1.807, 2.05) is 12.1 Å². The average Bonchev–Trinajstić information content (AvgIpc) is 2.56. The van der Waals surface area contributed by atoms with Crippen molar-refractivity contribution in [3.05, 3.63) is 59.7 Å². The van der Waals surface area contributed by atoms with Gasteiger partial charge >= 0.3 is 0 Å². The van der Waals surface area contributed by atoms with Crippen molar-refractivity contribution in [2.75, 3.05) is 34.4 Å². The summed E-state index contributed by atoms with van der Waals surface area (Å²) in [6, 6.07) is 16.6. The third kappa shape index (κ3) is 5.95. The van der Waals surface area contributed by atoms with Crippen molar-refractivity contribution in [1.82, 2.24) is 4.90 Å². The first kappa shape index (κ1) is 17.4. The second-order valence-corrected chi connectivity index (χ2v) is 5.98. The van der Waals surface area contributed by atoms with Gasteiger partial charge in [0.2, 0.25) is 0 Å². The molecule has 0 radical (unpaired) electrons. The van der Waals surface area contributed by atoms with Crippen LogP contribution >= 0.6 is 0 Å². The summed E-state index contributed by atoms with van der Waals surface area (Å²) in [5.41, 5.74) is 2.57. The van der Waals surface area contributed by atoms with Crippen molar-refractivity contribution in [2.45, 2.75) is 19.3 Å². The summed E-state index contributed by atoms with van der Waals surface area (Å²) in [7, 11) is 5.90. The molecule has 3 heteroatoms. The van der Waals surface area contributed by atoms with Crippen molar-refractivity contribution in [3.8, 4) is 11.5 Å². The third-order valence-electron chi connectivity index (χ3n) is 3.79. The Hall–Kier alpha value is -2.00. The minimum Gasteiger partial charge on any atom is -0.493 e. The van der Waals surface area contributed by atoms with Crippen LogP contribution < -0.4 is 9.47 Å². The Labute approximate surface area is 139 Å². The molecule has 2 aromatic carbocycles. The van der Waals surface area contributed by atoms with Crippen LogP contribution in [0, 0.1) is 0 Å². The van der Waals surface area contributed by atoms with Crippen molar-refractivity contribution in [1.29, 1.82) is 0 Å². The van der Waals surface area contributed by atoms with Gasteiger partial charge in [-0.15, -0.1) is 0 Å². The molecule has 0 saturated heterocycles. The second-order valence-electron chi connectivity index (χ2n) is 5.98. The standard InChI is InChI=1S/C20H27NO2/c1-21(2)14-7-10-18-11-12-19(20(16-18)22-3)23-15-13-17-8-5-4-6-9-17/h4-6,8-9,11-12,16H,7,10,13-15H2,1-3H3. The molecular formula is C20H27NO2. The molecule has 0 aromatic heterocycles. The summed E-state index contributed by atoms with van der Waals surface area (Å²) in [6.07, 6.45) is 3.10. The number of benzene rings is 2. The van der Waals surface area contributed by atoms with Gasteiger partial charge < -0.3 is 14.4 Å². The van der Waals surface area contributed by atoms with Crippen LogP contribution in [0.25, 0.3) is 0 Å². The molecule has 23 heavy (non-hydrogen) atoms. The summed E-state index contributed by atoms with van der Waals surface area (Å²) in [6.45, 7) is 1.75. The van der Waals surface area contributed by atoms with E-state index in [-0.39, 0.29) is 0 Å². The zero-order chi connectivity index (χ0) is 16.5. The number of rotatable bonds is 9. The highest BCUT2D eigenvalue weighted by Crippen LogP contribution is 2.28. The Bertz CT molecular complexity index is 581. The van der Waals surface area contributed by atoms with Crippen molar-refractivity contribution < 1.29 is 9.47 Å². The fourth-order valence-corrected chi connectivity index (χ4v) is 2.51. The van der Waals surface area contributed by atoms with Crippen LogP contribution in [0.5, 0.6) is 11.5 Å². The molecule has 0 aliphatic rings. The Morgan fingerprint density at radius 2 is 1.65 bits per heavy atom. The van der Waals surface area contributed by atoms with E-state index in [2.05, 4.69) is 55.4 Å². The lowest BCUT2D eigenvalue weighted by Crippen LogP contribution is -2.13. The molecule has 0 amide bonds. The number of nitrogens with zero attached hydrogens (tertiary/aromatic N) is 1. The Morgan fingerprint density at radius 1 is 0.870 bits per heavy atom. The van der Waals surface area contributed by atoms with E-state index < -0.39 is 0 Å². The first-order valence-electron chi connectivity index (χ1n) is 8.17. The maximum Gasteiger partial charge on any atom is 0.161 e. The third-order valence-corrected chi connectivity index (χ3v) is 3.79. The molecular weight excluding hydrogens is 286 g/mol. The van der Waals surface area contributed by atoms with E-state index in [9.17, 15) is 0 Å². The van der Waals surface area contributed by atoms with Crippen LogP contribution in [0.2, 0.25) is 0 Å². The molecule has 0 spiro atoms. The zero-order valence-electron chi connectivity index (χ0n) is 14.4. The molecule has 0 saturated carbocycles. The van der Waals surface area contributed by atoms with Gasteiger partial charge in [-0.05, 0) is 56.7 Å². The molecule has 0 heterocycles. The van der Waals surface area contributed by atoms with Crippen molar-refractivity contribution in [2.24, 2.45) is 0 Å². The summed E-state index contributed by atoms with van der Waals surface area (Å²) >= 11 is 0. The van der Waals surface area contributed by atoms with Crippen molar-refractivity contribution >= 4 is 0 Å². The second kappa shape index (κ2) is 9.21. The van der Waals surface area contributed by atoms with Gasteiger partial charge in [0.25, 0.3) is 0 Å². The Balaban J connectivity index is 1.88. The SMILES string of the molecule is COc1cc(CCCN(C)C)ccc1OCCc1ccccc1. The minimum absolute atomic E-state index is 0.653. The monoisotopic (exact) mass is 313 g/mol. The van der Waals surface area contributed by atoms with E-state index in [1.165, 1.54) is 11.1 Å². The van der Waals surface area contributed by atoms with Crippen LogP contribution in [0.3, 0.4) is 0 Å². The number of hydrogen-bond donors (Lipinski definition) is 0. The van der Waals surface area contributed by atoms with Gasteiger partial charge in [-0.1, -0.05) is 36.4 Å². The summed E-state index contributed by atoms with van der Waals surface area (Å²) in [5, 5.41) is 0. The predicted molar refractivity (Wildman–Crippen MR) is 95.5 cm³/mol. The van der Waals surface area contributed by atoms with E-state index in [4.69, 9.17) is 9.47 Å². The molecule has 0 aliphatic heterocycles. The summed E-state index contributed by atoms with van der Waals surface area (Å²) in [5.74, 6) is 1.64. The number of hydrogen-bond acceptors (Lipinski definition) is 3. The van der Waals surface area contributed by atoms with Gasteiger partial charge in [-0.3, -0.25) is 0 Å².